The Bertz CT molecular complexity index is 942. The third kappa shape index (κ3) is 3.40. The topological polar surface area (TPSA) is 78.9 Å². The Labute approximate surface area is 154 Å². The van der Waals surface area contributed by atoms with E-state index in [1.807, 2.05) is 0 Å². The van der Waals surface area contributed by atoms with E-state index in [9.17, 15) is 13.2 Å². The van der Waals surface area contributed by atoms with Gasteiger partial charge in [-0.1, -0.05) is 29.3 Å². The fraction of sp³-hybridized carbons (Fsp3) is 0.188. The van der Waals surface area contributed by atoms with Crippen LogP contribution in [0, 0.1) is 0 Å². The number of halogens is 2. The van der Waals surface area contributed by atoms with Crippen LogP contribution in [-0.4, -0.2) is 27.3 Å². The Morgan fingerprint density at radius 2 is 1.84 bits per heavy atom. The smallest absolute Gasteiger partial charge is 0.389 e. The quantitative estimate of drug-likeness (QED) is 0.728. The van der Waals surface area contributed by atoms with Crippen molar-refractivity contribution in [2.24, 2.45) is 0 Å². The summed E-state index contributed by atoms with van der Waals surface area (Å²) in [5.74, 6) is -0.467. The number of ether oxygens (including phenoxy) is 3. The van der Waals surface area contributed by atoms with Crippen LogP contribution in [0.2, 0.25) is 10.0 Å². The summed E-state index contributed by atoms with van der Waals surface area (Å²) in [5, 5.41) is 0.215. The van der Waals surface area contributed by atoms with Crippen molar-refractivity contribution < 1.29 is 27.4 Å². The molecule has 0 saturated carbocycles. The lowest BCUT2D eigenvalue weighted by molar-refractivity contribution is -0.161. The molecule has 0 bridgehead atoms. The van der Waals surface area contributed by atoms with Crippen LogP contribution in [0.3, 0.4) is 0 Å². The minimum atomic E-state index is -3.93. The highest BCUT2D eigenvalue weighted by Crippen LogP contribution is 2.42. The van der Waals surface area contributed by atoms with E-state index in [-0.39, 0.29) is 37.9 Å². The van der Waals surface area contributed by atoms with Crippen molar-refractivity contribution in [2.75, 3.05) is 6.61 Å². The predicted octanol–water partition coefficient (Wildman–Crippen LogP) is 3.49. The number of carbonyl (C=O) groups excluding carboxylic acids is 1. The Morgan fingerprint density at radius 3 is 2.48 bits per heavy atom. The van der Waals surface area contributed by atoms with Crippen molar-refractivity contribution in [1.82, 2.24) is 0 Å². The fourth-order valence-corrected chi connectivity index (χ4v) is 4.31. The van der Waals surface area contributed by atoms with E-state index in [1.165, 1.54) is 30.3 Å². The molecule has 2 aromatic carbocycles. The molecule has 1 heterocycles. The largest absolute Gasteiger partial charge is 0.460 e. The predicted molar refractivity (Wildman–Crippen MR) is 90.0 cm³/mol. The van der Waals surface area contributed by atoms with Gasteiger partial charge in [0.2, 0.25) is 9.84 Å². The first-order valence-corrected chi connectivity index (χ1v) is 9.41. The fourth-order valence-electron chi connectivity index (χ4n) is 2.23. The summed E-state index contributed by atoms with van der Waals surface area (Å²) in [5.41, 5.74) is 0. The molecule has 2 aromatic rings. The molecular weight excluding hydrogens is 391 g/mol. The molecule has 0 N–H and O–H groups in total. The summed E-state index contributed by atoms with van der Waals surface area (Å²) < 4.78 is 41.0. The van der Waals surface area contributed by atoms with E-state index in [0.717, 1.165) is 0 Å². The van der Waals surface area contributed by atoms with Gasteiger partial charge < -0.3 is 14.2 Å². The van der Waals surface area contributed by atoms with Crippen LogP contribution in [0.1, 0.15) is 6.92 Å². The van der Waals surface area contributed by atoms with Gasteiger partial charge in [0.05, 0.1) is 21.4 Å². The molecule has 0 fully saturated rings. The Morgan fingerprint density at radius 1 is 1.16 bits per heavy atom. The first kappa shape index (κ1) is 17.8. The van der Waals surface area contributed by atoms with Gasteiger partial charge in [0.25, 0.3) is 0 Å². The van der Waals surface area contributed by atoms with E-state index >= 15 is 0 Å². The molecule has 1 atom stereocenters. The van der Waals surface area contributed by atoms with Gasteiger partial charge in [-0.25, -0.2) is 13.2 Å². The van der Waals surface area contributed by atoms with Gasteiger partial charge in [-0.15, -0.1) is 0 Å². The summed E-state index contributed by atoms with van der Waals surface area (Å²) in [6.45, 7) is 1.81. The maximum Gasteiger partial charge on any atom is 0.389 e. The Kier molecular flexibility index (Phi) is 4.81. The van der Waals surface area contributed by atoms with Gasteiger partial charge in [-0.05, 0) is 25.1 Å². The van der Waals surface area contributed by atoms with Gasteiger partial charge in [-0.3, -0.25) is 0 Å². The van der Waals surface area contributed by atoms with Gasteiger partial charge in [-0.2, -0.15) is 0 Å². The molecule has 0 aromatic heterocycles. The lowest BCUT2D eigenvalue weighted by atomic mass is 10.3. The molecule has 0 aliphatic carbocycles. The minimum Gasteiger partial charge on any atom is -0.460 e. The van der Waals surface area contributed by atoms with Crippen LogP contribution in [0.25, 0.3) is 0 Å². The normalized spacial score (nSPS) is 15.9. The van der Waals surface area contributed by atoms with Gasteiger partial charge in [0, 0.05) is 17.2 Å². The van der Waals surface area contributed by atoms with E-state index in [0.29, 0.717) is 0 Å². The zero-order valence-corrected chi connectivity index (χ0v) is 15.2. The molecular formula is C16H12Cl2O6S. The van der Waals surface area contributed by atoms with Crippen molar-refractivity contribution in [3.05, 3.63) is 46.4 Å². The molecule has 132 valence electrons. The highest BCUT2D eigenvalue weighted by molar-refractivity contribution is 7.91. The Hall–Kier alpha value is -1.96. The number of hydrogen-bond donors (Lipinski definition) is 0. The molecule has 1 aliphatic heterocycles. The average molecular weight is 403 g/mol. The number of fused-ring (bicyclic) bond motifs is 1. The summed E-state index contributed by atoms with van der Waals surface area (Å²) in [4.78, 5) is 11.5. The molecule has 1 aliphatic rings. The molecule has 0 amide bonds. The summed E-state index contributed by atoms with van der Waals surface area (Å²) in [6, 6.07) is 8.31. The number of esters is 1. The van der Waals surface area contributed by atoms with Gasteiger partial charge in [0.1, 0.15) is 0 Å². The summed E-state index contributed by atoms with van der Waals surface area (Å²) in [7, 11) is -3.93. The molecule has 9 heteroatoms. The second kappa shape index (κ2) is 6.74. The van der Waals surface area contributed by atoms with Crippen molar-refractivity contribution in [3.8, 4) is 11.5 Å². The van der Waals surface area contributed by atoms with E-state index < -0.39 is 22.1 Å². The average Bonchev–Trinajstić information content (AvgIpc) is 2.97. The monoisotopic (exact) mass is 402 g/mol. The lowest BCUT2D eigenvalue weighted by Crippen LogP contribution is -2.30. The van der Waals surface area contributed by atoms with E-state index in [4.69, 9.17) is 37.4 Å². The molecule has 6 nitrogen and oxygen atoms in total. The third-order valence-electron chi connectivity index (χ3n) is 3.34. The number of hydrogen-bond acceptors (Lipinski definition) is 6. The number of benzene rings is 2. The van der Waals surface area contributed by atoms with Gasteiger partial charge in [0.15, 0.2) is 11.5 Å². The first-order chi connectivity index (χ1) is 11.8. The zero-order chi connectivity index (χ0) is 18.2. The van der Waals surface area contributed by atoms with Crippen molar-refractivity contribution >= 4 is 39.0 Å². The standard InChI is InChI=1S/C16H12Cl2O6S/c1-2-22-15(19)16-23-12-7-11(18)14(8-13(12)24-16)25(20,21)10-5-3-4-9(17)6-10/h3-8,16H,2H2,1H3. The first-order valence-electron chi connectivity index (χ1n) is 7.17. The minimum absolute atomic E-state index is 0.0114. The van der Waals surface area contributed by atoms with Crippen LogP contribution in [0.15, 0.2) is 46.2 Å². The summed E-state index contributed by atoms with van der Waals surface area (Å²) in [6.07, 6.45) is -1.30. The zero-order valence-electron chi connectivity index (χ0n) is 12.9. The molecule has 0 spiro atoms. The van der Waals surface area contributed by atoms with Crippen molar-refractivity contribution in [1.29, 1.82) is 0 Å². The number of sulfone groups is 1. The van der Waals surface area contributed by atoms with Crippen molar-refractivity contribution in [3.63, 3.8) is 0 Å². The second-order valence-corrected chi connectivity index (χ2v) is 7.77. The maximum atomic E-state index is 12.8. The van der Waals surface area contributed by atoms with E-state index in [2.05, 4.69) is 0 Å². The third-order valence-corrected chi connectivity index (χ3v) is 5.79. The highest BCUT2D eigenvalue weighted by atomic mass is 35.5. The van der Waals surface area contributed by atoms with Gasteiger partial charge >= 0.3 is 12.3 Å². The molecule has 1 unspecified atom stereocenters. The number of rotatable bonds is 4. The molecule has 3 rings (SSSR count). The second-order valence-electron chi connectivity index (χ2n) is 5.01. The SMILES string of the molecule is CCOC(=O)C1Oc2cc(Cl)c(S(=O)(=O)c3cccc(Cl)c3)cc2O1. The van der Waals surface area contributed by atoms with E-state index in [1.54, 1.807) is 13.0 Å². The Balaban J connectivity index is 1.99. The maximum absolute atomic E-state index is 12.8. The van der Waals surface area contributed by atoms with Crippen LogP contribution >= 0.6 is 23.2 Å². The van der Waals surface area contributed by atoms with Crippen LogP contribution in [-0.2, 0) is 19.4 Å². The van der Waals surface area contributed by atoms with Crippen LogP contribution < -0.4 is 9.47 Å². The molecule has 0 saturated heterocycles. The number of carbonyl (C=O) groups is 1. The molecule has 0 radical (unpaired) electrons. The highest BCUT2D eigenvalue weighted by Gasteiger charge is 2.34. The van der Waals surface area contributed by atoms with Crippen molar-refractivity contribution in [2.45, 2.75) is 23.0 Å². The molecule has 25 heavy (non-hydrogen) atoms. The lowest BCUT2D eigenvalue weighted by Gasteiger charge is -2.08. The van der Waals surface area contributed by atoms with Crippen LogP contribution in [0.4, 0.5) is 0 Å². The van der Waals surface area contributed by atoms with Crippen LogP contribution in [0.5, 0.6) is 11.5 Å². The summed E-state index contributed by atoms with van der Waals surface area (Å²) >= 11 is 12.0.